The molecule has 3 rings (SSSR count). The highest BCUT2D eigenvalue weighted by Crippen LogP contribution is 2.29. The fourth-order valence-corrected chi connectivity index (χ4v) is 3.97. The van der Waals surface area contributed by atoms with Crippen LogP contribution in [-0.2, 0) is 10.0 Å². The molecule has 6 nitrogen and oxygen atoms in total. The second-order valence-corrected chi connectivity index (χ2v) is 7.55. The SMILES string of the molecule is CNC(=O)c1cccc(S(=O)(=O)Nc2ccc(C)c3c(C)c[nH]c23)c1. The smallest absolute Gasteiger partial charge is 0.261 e. The minimum absolute atomic E-state index is 0.0330. The summed E-state index contributed by atoms with van der Waals surface area (Å²) in [5.74, 6) is -0.338. The molecule has 3 aromatic rings. The first kappa shape index (κ1) is 17.0. The molecule has 0 spiro atoms. The average Bonchev–Trinajstić information content (AvgIpc) is 2.99. The number of aromatic nitrogens is 1. The number of hydrogen-bond acceptors (Lipinski definition) is 3. The number of nitrogens with one attached hydrogen (secondary N) is 3. The molecule has 130 valence electrons. The largest absolute Gasteiger partial charge is 0.359 e. The predicted molar refractivity (Wildman–Crippen MR) is 98.4 cm³/mol. The maximum atomic E-state index is 12.7. The van der Waals surface area contributed by atoms with E-state index in [-0.39, 0.29) is 16.4 Å². The summed E-state index contributed by atoms with van der Waals surface area (Å²) < 4.78 is 28.1. The molecule has 0 saturated heterocycles. The Kier molecular flexibility index (Phi) is 4.26. The first-order chi connectivity index (χ1) is 11.8. The van der Waals surface area contributed by atoms with Crippen molar-refractivity contribution in [3.05, 3.63) is 59.3 Å². The Morgan fingerprint density at radius 1 is 1.08 bits per heavy atom. The van der Waals surface area contributed by atoms with Crippen molar-refractivity contribution in [2.75, 3.05) is 11.8 Å². The van der Waals surface area contributed by atoms with Gasteiger partial charge in [0, 0.05) is 24.2 Å². The van der Waals surface area contributed by atoms with Crippen LogP contribution in [0.2, 0.25) is 0 Å². The van der Waals surface area contributed by atoms with Crippen LogP contribution >= 0.6 is 0 Å². The monoisotopic (exact) mass is 357 g/mol. The zero-order valence-corrected chi connectivity index (χ0v) is 15.0. The molecule has 0 fully saturated rings. The van der Waals surface area contributed by atoms with E-state index in [0.717, 1.165) is 22.0 Å². The molecule has 0 bridgehead atoms. The molecule has 1 heterocycles. The van der Waals surface area contributed by atoms with Crippen molar-refractivity contribution in [1.82, 2.24) is 10.3 Å². The van der Waals surface area contributed by atoms with Crippen LogP contribution in [0.25, 0.3) is 10.9 Å². The molecule has 0 aliphatic heterocycles. The molecule has 3 N–H and O–H groups in total. The summed E-state index contributed by atoms with van der Waals surface area (Å²) in [5.41, 5.74) is 3.62. The number of carbonyl (C=O) groups excluding carboxylic acids is 1. The molecule has 0 aliphatic rings. The first-order valence-corrected chi connectivity index (χ1v) is 9.24. The summed E-state index contributed by atoms with van der Waals surface area (Å²) >= 11 is 0. The molecule has 0 aliphatic carbocycles. The summed E-state index contributed by atoms with van der Waals surface area (Å²) in [4.78, 5) is 14.9. The number of benzene rings is 2. The van der Waals surface area contributed by atoms with Crippen LogP contribution in [0.5, 0.6) is 0 Å². The maximum absolute atomic E-state index is 12.7. The van der Waals surface area contributed by atoms with Crippen molar-refractivity contribution in [3.63, 3.8) is 0 Å². The highest BCUT2D eigenvalue weighted by molar-refractivity contribution is 7.92. The van der Waals surface area contributed by atoms with E-state index in [1.165, 1.54) is 19.2 Å². The standard InChI is InChI=1S/C18H19N3O3S/c1-11-7-8-15(17-16(11)12(2)10-20-17)21-25(23,24)14-6-4-5-13(9-14)18(22)19-3/h4-10,20-21H,1-3H3,(H,19,22). The first-order valence-electron chi connectivity index (χ1n) is 7.76. The van der Waals surface area contributed by atoms with Crippen molar-refractivity contribution in [3.8, 4) is 0 Å². The molecule has 7 heteroatoms. The van der Waals surface area contributed by atoms with E-state index in [4.69, 9.17) is 0 Å². The second kappa shape index (κ2) is 6.25. The molecule has 1 amide bonds. The molecular weight excluding hydrogens is 338 g/mol. The number of rotatable bonds is 4. The highest BCUT2D eigenvalue weighted by atomic mass is 32.2. The van der Waals surface area contributed by atoms with Crippen LogP contribution in [0.1, 0.15) is 21.5 Å². The lowest BCUT2D eigenvalue weighted by Gasteiger charge is -2.11. The zero-order valence-electron chi connectivity index (χ0n) is 14.2. The Hall–Kier alpha value is -2.80. The van der Waals surface area contributed by atoms with Crippen molar-refractivity contribution in [1.29, 1.82) is 0 Å². The van der Waals surface area contributed by atoms with Gasteiger partial charge in [-0.05, 0) is 49.2 Å². The molecule has 2 aromatic carbocycles. The van der Waals surface area contributed by atoms with Crippen molar-refractivity contribution in [2.24, 2.45) is 0 Å². The lowest BCUT2D eigenvalue weighted by Crippen LogP contribution is -2.19. The quantitative estimate of drug-likeness (QED) is 0.670. The molecular formula is C18H19N3O3S. The number of H-pyrrole nitrogens is 1. The van der Waals surface area contributed by atoms with Crippen LogP contribution in [0.3, 0.4) is 0 Å². The van der Waals surface area contributed by atoms with Gasteiger partial charge >= 0.3 is 0 Å². The predicted octanol–water partition coefficient (Wildman–Crippen LogP) is 2.95. The Morgan fingerprint density at radius 2 is 1.84 bits per heavy atom. The van der Waals surface area contributed by atoms with Gasteiger partial charge in [0.15, 0.2) is 0 Å². The van der Waals surface area contributed by atoms with Gasteiger partial charge in [-0.2, -0.15) is 0 Å². The number of aromatic amines is 1. The van der Waals surface area contributed by atoms with E-state index >= 15 is 0 Å². The van der Waals surface area contributed by atoms with Gasteiger partial charge in [-0.15, -0.1) is 0 Å². The minimum Gasteiger partial charge on any atom is -0.359 e. The topological polar surface area (TPSA) is 91.1 Å². The fourth-order valence-electron chi connectivity index (χ4n) is 2.86. The van der Waals surface area contributed by atoms with E-state index in [9.17, 15) is 13.2 Å². The van der Waals surface area contributed by atoms with E-state index in [0.29, 0.717) is 5.69 Å². The van der Waals surface area contributed by atoms with Crippen LogP contribution in [0.4, 0.5) is 5.69 Å². The van der Waals surface area contributed by atoms with Gasteiger partial charge < -0.3 is 10.3 Å². The third-order valence-corrected chi connectivity index (χ3v) is 5.48. The normalized spacial score (nSPS) is 11.5. The van der Waals surface area contributed by atoms with Crippen LogP contribution < -0.4 is 10.0 Å². The van der Waals surface area contributed by atoms with Gasteiger partial charge in [-0.3, -0.25) is 9.52 Å². The number of sulfonamides is 1. The minimum atomic E-state index is -3.82. The number of anilines is 1. The van der Waals surface area contributed by atoms with Gasteiger partial charge in [0.05, 0.1) is 16.1 Å². The highest BCUT2D eigenvalue weighted by Gasteiger charge is 2.18. The van der Waals surface area contributed by atoms with Gasteiger partial charge in [0.25, 0.3) is 15.9 Å². The molecule has 0 saturated carbocycles. The Balaban J connectivity index is 2.03. The van der Waals surface area contributed by atoms with Crippen LogP contribution in [-0.4, -0.2) is 26.4 Å². The molecule has 1 aromatic heterocycles. The number of fused-ring (bicyclic) bond motifs is 1. The van der Waals surface area contributed by atoms with Gasteiger partial charge in [0.1, 0.15) is 0 Å². The zero-order chi connectivity index (χ0) is 18.2. The average molecular weight is 357 g/mol. The summed E-state index contributed by atoms with van der Waals surface area (Å²) in [5, 5.41) is 3.48. The van der Waals surface area contributed by atoms with Gasteiger partial charge in [-0.1, -0.05) is 12.1 Å². The van der Waals surface area contributed by atoms with E-state index in [2.05, 4.69) is 15.0 Å². The number of carbonyl (C=O) groups is 1. The Bertz CT molecular complexity index is 1070. The number of amides is 1. The van der Waals surface area contributed by atoms with Gasteiger partial charge in [0.2, 0.25) is 0 Å². The van der Waals surface area contributed by atoms with Crippen molar-refractivity contribution >= 4 is 32.5 Å². The van der Waals surface area contributed by atoms with E-state index < -0.39 is 10.0 Å². The van der Waals surface area contributed by atoms with Crippen molar-refractivity contribution in [2.45, 2.75) is 18.7 Å². The van der Waals surface area contributed by atoms with Gasteiger partial charge in [-0.25, -0.2) is 8.42 Å². The second-order valence-electron chi connectivity index (χ2n) is 5.86. The van der Waals surface area contributed by atoms with Crippen molar-refractivity contribution < 1.29 is 13.2 Å². The fraction of sp³-hybridized carbons (Fsp3) is 0.167. The lowest BCUT2D eigenvalue weighted by molar-refractivity contribution is 0.0963. The summed E-state index contributed by atoms with van der Waals surface area (Å²) in [6.45, 7) is 3.95. The summed E-state index contributed by atoms with van der Waals surface area (Å²) in [6.07, 6.45) is 1.85. The van der Waals surface area contributed by atoms with Crippen LogP contribution in [0, 0.1) is 13.8 Å². The lowest BCUT2D eigenvalue weighted by atomic mass is 10.1. The summed E-state index contributed by atoms with van der Waals surface area (Å²) in [6, 6.07) is 9.53. The van der Waals surface area contributed by atoms with E-state index in [1.807, 2.05) is 26.1 Å². The third kappa shape index (κ3) is 3.10. The van der Waals surface area contributed by atoms with E-state index in [1.54, 1.807) is 18.2 Å². The summed E-state index contributed by atoms with van der Waals surface area (Å²) in [7, 11) is -2.32. The number of aryl methyl sites for hydroxylation is 2. The maximum Gasteiger partial charge on any atom is 0.261 e. The Morgan fingerprint density at radius 3 is 2.56 bits per heavy atom. The molecule has 0 radical (unpaired) electrons. The Labute approximate surface area is 146 Å². The molecule has 0 unspecified atom stereocenters. The molecule has 0 atom stereocenters. The van der Waals surface area contributed by atoms with Crippen LogP contribution in [0.15, 0.2) is 47.5 Å². The number of hydrogen-bond donors (Lipinski definition) is 3. The molecule has 25 heavy (non-hydrogen) atoms. The third-order valence-electron chi connectivity index (χ3n) is 4.12.